The van der Waals surface area contributed by atoms with Crippen molar-refractivity contribution in [1.82, 2.24) is 9.80 Å². The minimum Gasteiger partial charge on any atom is -0.490 e. The van der Waals surface area contributed by atoms with E-state index < -0.39 is 6.04 Å². The smallest absolute Gasteiger partial charge is 0.290 e. The summed E-state index contributed by atoms with van der Waals surface area (Å²) in [6, 6.07) is 14.1. The number of rotatable bonds is 8. The lowest BCUT2D eigenvalue weighted by molar-refractivity contribution is 0.0353. The molecule has 2 aromatic carbocycles. The average Bonchev–Trinajstić information content (AvgIpc) is 3.15. The van der Waals surface area contributed by atoms with Crippen molar-refractivity contribution >= 4 is 16.9 Å². The summed E-state index contributed by atoms with van der Waals surface area (Å²) >= 11 is 0. The largest absolute Gasteiger partial charge is 0.490 e. The van der Waals surface area contributed by atoms with E-state index in [-0.39, 0.29) is 17.1 Å². The maximum atomic E-state index is 13.6. The van der Waals surface area contributed by atoms with Gasteiger partial charge in [-0.1, -0.05) is 36.9 Å². The molecule has 0 spiro atoms. The van der Waals surface area contributed by atoms with E-state index in [2.05, 4.69) is 11.5 Å². The highest BCUT2D eigenvalue weighted by molar-refractivity contribution is 5.99. The van der Waals surface area contributed by atoms with Crippen LogP contribution < -0.4 is 10.2 Å². The van der Waals surface area contributed by atoms with Gasteiger partial charge in [0, 0.05) is 26.2 Å². The predicted molar refractivity (Wildman–Crippen MR) is 129 cm³/mol. The van der Waals surface area contributed by atoms with Gasteiger partial charge in [0.15, 0.2) is 5.43 Å². The molecule has 2 aliphatic rings. The number of nitrogens with zero attached hydrogens (tertiary/aromatic N) is 2. The molecule has 5 rings (SSSR count). The molecule has 176 valence electrons. The molecule has 1 saturated heterocycles. The molecule has 7 nitrogen and oxygen atoms in total. The Morgan fingerprint density at radius 2 is 1.88 bits per heavy atom. The maximum Gasteiger partial charge on any atom is 0.290 e. The summed E-state index contributed by atoms with van der Waals surface area (Å²) in [6.07, 6.45) is 2.47. The molecule has 0 bridgehead atoms. The first-order chi connectivity index (χ1) is 16.7. The van der Waals surface area contributed by atoms with Gasteiger partial charge >= 0.3 is 0 Å². The zero-order valence-corrected chi connectivity index (χ0v) is 19.1. The van der Waals surface area contributed by atoms with E-state index in [0.29, 0.717) is 35.4 Å². The van der Waals surface area contributed by atoms with E-state index in [4.69, 9.17) is 13.9 Å². The van der Waals surface area contributed by atoms with Gasteiger partial charge in [0.1, 0.15) is 17.9 Å². The van der Waals surface area contributed by atoms with Gasteiger partial charge in [-0.3, -0.25) is 14.5 Å². The number of amides is 1. The van der Waals surface area contributed by atoms with Crippen LogP contribution in [0.15, 0.2) is 70.4 Å². The Morgan fingerprint density at radius 3 is 2.71 bits per heavy atom. The second-order valence-corrected chi connectivity index (χ2v) is 8.55. The molecular formula is C27H28N2O5. The summed E-state index contributed by atoms with van der Waals surface area (Å²) < 4.78 is 17.2. The van der Waals surface area contributed by atoms with Crippen LogP contribution in [0.3, 0.4) is 0 Å². The standard InChI is InChI=1S/C27H28N2O5/c1-2-15-33-20-8-5-7-19(18-20)24-23-25(30)21-9-3-4-10-22(21)34-26(23)27(31)29(24)12-6-11-28-13-16-32-17-14-28/h2-5,7-10,18,24H,1,6,11-17H2. The van der Waals surface area contributed by atoms with Crippen molar-refractivity contribution in [3.05, 3.63) is 88.3 Å². The number of benzene rings is 2. The molecule has 0 aliphatic carbocycles. The fraction of sp³-hybridized carbons (Fsp3) is 0.333. The Balaban J connectivity index is 1.52. The van der Waals surface area contributed by atoms with Crippen LogP contribution in [0.5, 0.6) is 5.75 Å². The Hall–Kier alpha value is -3.42. The van der Waals surface area contributed by atoms with Crippen LogP contribution in [-0.4, -0.2) is 61.7 Å². The Kier molecular flexibility index (Phi) is 6.47. The molecule has 1 aromatic heterocycles. The number of carbonyl (C=O) groups excluding carboxylic acids is 1. The molecule has 1 unspecified atom stereocenters. The molecule has 0 radical (unpaired) electrons. The molecule has 0 saturated carbocycles. The van der Waals surface area contributed by atoms with Crippen LogP contribution in [0.25, 0.3) is 11.0 Å². The molecule has 3 aromatic rings. The van der Waals surface area contributed by atoms with Crippen molar-refractivity contribution in [2.24, 2.45) is 0 Å². The number of hydrogen-bond donors (Lipinski definition) is 0. The highest BCUT2D eigenvalue weighted by atomic mass is 16.5. The number of morpholine rings is 1. The molecular weight excluding hydrogens is 432 g/mol. The van der Waals surface area contributed by atoms with E-state index in [0.717, 1.165) is 44.8 Å². The van der Waals surface area contributed by atoms with Gasteiger partial charge in [-0.05, 0) is 36.2 Å². The van der Waals surface area contributed by atoms with E-state index in [1.165, 1.54) is 0 Å². The Morgan fingerprint density at radius 1 is 1.06 bits per heavy atom. The molecule has 7 heteroatoms. The minimum atomic E-state index is -0.527. The number of fused-ring (bicyclic) bond motifs is 2. The first-order valence-corrected chi connectivity index (χ1v) is 11.7. The summed E-state index contributed by atoms with van der Waals surface area (Å²) in [7, 11) is 0. The summed E-state index contributed by atoms with van der Waals surface area (Å²) in [6.45, 7) is 8.71. The first kappa shape index (κ1) is 22.4. The lowest BCUT2D eigenvalue weighted by atomic mass is 9.98. The lowest BCUT2D eigenvalue weighted by Crippen LogP contribution is -2.38. The van der Waals surface area contributed by atoms with Crippen LogP contribution in [0.4, 0.5) is 0 Å². The van der Waals surface area contributed by atoms with Gasteiger partial charge in [0.05, 0.1) is 30.2 Å². The van der Waals surface area contributed by atoms with Crippen molar-refractivity contribution in [3.63, 3.8) is 0 Å². The lowest BCUT2D eigenvalue weighted by Gasteiger charge is -2.29. The summed E-state index contributed by atoms with van der Waals surface area (Å²) in [5.74, 6) is 0.552. The third kappa shape index (κ3) is 4.24. The third-order valence-corrected chi connectivity index (χ3v) is 6.39. The van der Waals surface area contributed by atoms with E-state index in [1.807, 2.05) is 24.3 Å². The molecule has 0 N–H and O–H groups in total. The van der Waals surface area contributed by atoms with Crippen LogP contribution in [0.2, 0.25) is 0 Å². The van der Waals surface area contributed by atoms with Crippen molar-refractivity contribution in [2.75, 3.05) is 46.0 Å². The number of carbonyl (C=O) groups is 1. The second-order valence-electron chi connectivity index (χ2n) is 8.55. The zero-order valence-electron chi connectivity index (χ0n) is 19.1. The van der Waals surface area contributed by atoms with Crippen LogP contribution in [0.1, 0.15) is 34.1 Å². The fourth-order valence-electron chi connectivity index (χ4n) is 4.76. The van der Waals surface area contributed by atoms with Gasteiger partial charge in [-0.2, -0.15) is 0 Å². The topological polar surface area (TPSA) is 72.2 Å². The second kappa shape index (κ2) is 9.83. The van der Waals surface area contributed by atoms with Gasteiger partial charge in [0.2, 0.25) is 5.76 Å². The maximum absolute atomic E-state index is 13.6. The van der Waals surface area contributed by atoms with Crippen LogP contribution in [0, 0.1) is 0 Å². The third-order valence-electron chi connectivity index (χ3n) is 6.39. The summed E-state index contributed by atoms with van der Waals surface area (Å²) in [5.41, 5.74) is 1.48. The Labute approximate surface area is 198 Å². The molecule has 1 amide bonds. The van der Waals surface area contributed by atoms with E-state index >= 15 is 0 Å². The SMILES string of the molecule is C=CCOc1cccc(C2c3c(oc4ccccc4c3=O)C(=O)N2CCCN2CCOCC2)c1. The average molecular weight is 461 g/mol. The fourth-order valence-corrected chi connectivity index (χ4v) is 4.76. The molecule has 1 atom stereocenters. The molecule has 1 fully saturated rings. The van der Waals surface area contributed by atoms with E-state index in [9.17, 15) is 9.59 Å². The van der Waals surface area contributed by atoms with Crippen molar-refractivity contribution in [1.29, 1.82) is 0 Å². The molecule has 3 heterocycles. The highest BCUT2D eigenvalue weighted by Crippen LogP contribution is 2.39. The number of hydrogen-bond acceptors (Lipinski definition) is 6. The normalized spacial score (nSPS) is 18.3. The minimum absolute atomic E-state index is 0.137. The summed E-state index contributed by atoms with van der Waals surface area (Å²) in [4.78, 5) is 31.2. The quantitative estimate of drug-likeness (QED) is 0.478. The van der Waals surface area contributed by atoms with Crippen LogP contribution >= 0.6 is 0 Å². The molecule has 2 aliphatic heterocycles. The molecule has 34 heavy (non-hydrogen) atoms. The van der Waals surface area contributed by atoms with Crippen molar-refractivity contribution in [3.8, 4) is 5.75 Å². The summed E-state index contributed by atoms with van der Waals surface area (Å²) in [5, 5.41) is 0.480. The highest BCUT2D eigenvalue weighted by Gasteiger charge is 2.42. The number of ether oxygens (including phenoxy) is 2. The monoisotopic (exact) mass is 460 g/mol. The first-order valence-electron chi connectivity index (χ1n) is 11.7. The van der Waals surface area contributed by atoms with Crippen molar-refractivity contribution in [2.45, 2.75) is 12.5 Å². The zero-order chi connectivity index (χ0) is 23.5. The van der Waals surface area contributed by atoms with Gasteiger partial charge in [-0.25, -0.2) is 0 Å². The number of para-hydroxylation sites is 1. The van der Waals surface area contributed by atoms with Gasteiger partial charge in [-0.15, -0.1) is 0 Å². The van der Waals surface area contributed by atoms with Gasteiger partial charge in [0.25, 0.3) is 5.91 Å². The van der Waals surface area contributed by atoms with Gasteiger partial charge < -0.3 is 18.8 Å². The van der Waals surface area contributed by atoms with E-state index in [1.54, 1.807) is 35.2 Å². The Bertz CT molecular complexity index is 1260. The predicted octanol–water partition coefficient (Wildman–Crippen LogP) is 3.63. The van der Waals surface area contributed by atoms with Crippen LogP contribution in [-0.2, 0) is 4.74 Å². The van der Waals surface area contributed by atoms with Crippen molar-refractivity contribution < 1.29 is 18.7 Å².